The fourth-order valence-electron chi connectivity index (χ4n) is 1.61. The number of hydrogen-bond acceptors (Lipinski definition) is 5. The monoisotopic (exact) mass is 289 g/mol. The third kappa shape index (κ3) is 3.24. The van der Waals surface area contributed by atoms with Crippen molar-refractivity contribution in [1.29, 1.82) is 0 Å². The first-order chi connectivity index (χ1) is 9.76. The standard InChI is InChI=1S/C13H15N5OS/c1-3-8-18-12(10-4-6-15-7-5-10)16-17-13(18)20-9-11(19)14-2/h3-7H,1,8-9H2,2H3,(H,14,19). The van der Waals surface area contributed by atoms with Gasteiger partial charge in [0.15, 0.2) is 11.0 Å². The molecule has 20 heavy (non-hydrogen) atoms. The van der Waals surface area contributed by atoms with Gasteiger partial charge in [-0.05, 0) is 12.1 Å². The zero-order chi connectivity index (χ0) is 14.4. The number of carbonyl (C=O) groups is 1. The van der Waals surface area contributed by atoms with E-state index in [-0.39, 0.29) is 5.91 Å². The van der Waals surface area contributed by atoms with Gasteiger partial charge in [-0.2, -0.15) is 0 Å². The van der Waals surface area contributed by atoms with Crippen LogP contribution in [0.4, 0.5) is 0 Å². The second-order valence-corrected chi connectivity index (χ2v) is 4.85. The van der Waals surface area contributed by atoms with E-state index >= 15 is 0 Å². The second kappa shape index (κ2) is 6.85. The molecule has 0 saturated heterocycles. The highest BCUT2D eigenvalue weighted by Crippen LogP contribution is 2.23. The van der Waals surface area contributed by atoms with Gasteiger partial charge in [-0.15, -0.1) is 16.8 Å². The number of pyridine rings is 1. The Morgan fingerprint density at radius 1 is 1.45 bits per heavy atom. The summed E-state index contributed by atoms with van der Waals surface area (Å²) in [5.41, 5.74) is 0.932. The summed E-state index contributed by atoms with van der Waals surface area (Å²) in [5, 5.41) is 11.6. The number of rotatable bonds is 6. The Morgan fingerprint density at radius 3 is 2.85 bits per heavy atom. The minimum Gasteiger partial charge on any atom is -0.358 e. The Bertz CT molecular complexity index is 596. The van der Waals surface area contributed by atoms with Crippen LogP contribution in [0.5, 0.6) is 0 Å². The first kappa shape index (κ1) is 14.3. The summed E-state index contributed by atoms with van der Waals surface area (Å²) in [5.74, 6) is 1.00. The topological polar surface area (TPSA) is 72.7 Å². The molecule has 7 heteroatoms. The van der Waals surface area contributed by atoms with E-state index in [1.807, 2.05) is 16.7 Å². The molecular weight excluding hydrogens is 274 g/mol. The van der Waals surface area contributed by atoms with Crippen LogP contribution >= 0.6 is 11.8 Å². The Balaban J connectivity index is 2.28. The molecule has 6 nitrogen and oxygen atoms in total. The van der Waals surface area contributed by atoms with E-state index in [0.29, 0.717) is 17.5 Å². The molecule has 0 aromatic carbocycles. The van der Waals surface area contributed by atoms with Crippen LogP contribution in [0, 0.1) is 0 Å². The largest absolute Gasteiger partial charge is 0.358 e. The predicted molar refractivity (Wildman–Crippen MR) is 78.2 cm³/mol. The van der Waals surface area contributed by atoms with Crippen LogP contribution in [0.15, 0.2) is 42.3 Å². The molecule has 2 heterocycles. The smallest absolute Gasteiger partial charge is 0.230 e. The van der Waals surface area contributed by atoms with Crippen molar-refractivity contribution in [1.82, 2.24) is 25.1 Å². The van der Waals surface area contributed by atoms with Crippen molar-refractivity contribution < 1.29 is 4.79 Å². The minimum absolute atomic E-state index is 0.0476. The highest BCUT2D eigenvalue weighted by atomic mass is 32.2. The quantitative estimate of drug-likeness (QED) is 0.642. The maximum absolute atomic E-state index is 11.3. The first-order valence-corrected chi connectivity index (χ1v) is 7.02. The van der Waals surface area contributed by atoms with Gasteiger partial charge >= 0.3 is 0 Å². The number of thioether (sulfide) groups is 1. The molecule has 1 N–H and O–H groups in total. The SMILES string of the molecule is C=CCn1c(SCC(=O)NC)nnc1-c1ccncc1. The van der Waals surface area contributed by atoms with Crippen molar-refractivity contribution in [3.63, 3.8) is 0 Å². The van der Waals surface area contributed by atoms with Crippen molar-refractivity contribution in [3.05, 3.63) is 37.2 Å². The lowest BCUT2D eigenvalue weighted by molar-refractivity contribution is -0.118. The minimum atomic E-state index is -0.0476. The van der Waals surface area contributed by atoms with Crippen molar-refractivity contribution in [2.75, 3.05) is 12.8 Å². The lowest BCUT2D eigenvalue weighted by Gasteiger charge is -2.07. The summed E-state index contributed by atoms with van der Waals surface area (Å²) in [7, 11) is 1.61. The van der Waals surface area contributed by atoms with Crippen LogP contribution in [-0.4, -0.2) is 38.5 Å². The summed E-state index contributed by atoms with van der Waals surface area (Å²) in [6.45, 7) is 4.33. The summed E-state index contributed by atoms with van der Waals surface area (Å²) < 4.78 is 1.93. The Kier molecular flexibility index (Phi) is 4.89. The normalized spacial score (nSPS) is 10.2. The van der Waals surface area contributed by atoms with Crippen LogP contribution in [0.25, 0.3) is 11.4 Å². The van der Waals surface area contributed by atoms with Crippen molar-refractivity contribution in [3.8, 4) is 11.4 Å². The fraction of sp³-hybridized carbons (Fsp3) is 0.231. The molecule has 0 aliphatic carbocycles. The molecular formula is C13H15N5OS. The molecule has 1 amide bonds. The molecule has 2 aromatic heterocycles. The van der Waals surface area contributed by atoms with Gasteiger partial charge in [0.1, 0.15) is 0 Å². The van der Waals surface area contributed by atoms with Crippen molar-refractivity contribution in [2.24, 2.45) is 0 Å². The van der Waals surface area contributed by atoms with E-state index in [4.69, 9.17) is 0 Å². The molecule has 0 radical (unpaired) electrons. The van der Waals surface area contributed by atoms with E-state index in [9.17, 15) is 4.79 Å². The first-order valence-electron chi connectivity index (χ1n) is 6.04. The van der Waals surface area contributed by atoms with Crippen LogP contribution in [0.1, 0.15) is 0 Å². The fourth-order valence-corrected chi connectivity index (χ4v) is 2.43. The van der Waals surface area contributed by atoms with Gasteiger partial charge in [0.05, 0.1) is 5.75 Å². The zero-order valence-corrected chi connectivity index (χ0v) is 11.9. The molecule has 104 valence electrons. The number of aromatic nitrogens is 4. The van der Waals surface area contributed by atoms with E-state index in [1.165, 1.54) is 11.8 Å². The summed E-state index contributed by atoms with van der Waals surface area (Å²) in [6.07, 6.45) is 5.19. The third-order valence-corrected chi connectivity index (χ3v) is 3.54. The number of nitrogens with zero attached hydrogens (tertiary/aromatic N) is 4. The maximum Gasteiger partial charge on any atom is 0.230 e. The highest BCUT2D eigenvalue weighted by Gasteiger charge is 2.14. The molecule has 0 fully saturated rings. The molecule has 0 spiro atoms. The van der Waals surface area contributed by atoms with Crippen LogP contribution in [0.3, 0.4) is 0 Å². The van der Waals surface area contributed by atoms with E-state index in [1.54, 1.807) is 25.5 Å². The zero-order valence-electron chi connectivity index (χ0n) is 11.1. The van der Waals surface area contributed by atoms with Gasteiger partial charge in [0.2, 0.25) is 5.91 Å². The van der Waals surface area contributed by atoms with Gasteiger partial charge in [0, 0.05) is 31.5 Å². The molecule has 0 aliphatic rings. The van der Waals surface area contributed by atoms with Gasteiger partial charge < -0.3 is 5.32 Å². The average Bonchev–Trinajstić information content (AvgIpc) is 2.89. The van der Waals surface area contributed by atoms with Crippen LogP contribution in [-0.2, 0) is 11.3 Å². The number of allylic oxidation sites excluding steroid dienone is 1. The number of nitrogens with one attached hydrogen (secondary N) is 1. The van der Waals surface area contributed by atoms with E-state index < -0.39 is 0 Å². The maximum atomic E-state index is 11.3. The molecule has 2 aromatic rings. The number of hydrogen-bond donors (Lipinski definition) is 1. The third-order valence-electron chi connectivity index (χ3n) is 2.58. The van der Waals surface area contributed by atoms with E-state index in [2.05, 4.69) is 27.1 Å². The van der Waals surface area contributed by atoms with Crippen LogP contribution in [0.2, 0.25) is 0 Å². The lowest BCUT2D eigenvalue weighted by atomic mass is 10.2. The highest BCUT2D eigenvalue weighted by molar-refractivity contribution is 7.99. The molecule has 0 aliphatic heterocycles. The molecule has 0 saturated carbocycles. The Hall–Kier alpha value is -2.15. The number of carbonyl (C=O) groups excluding carboxylic acids is 1. The Labute approximate surface area is 121 Å². The van der Waals surface area contributed by atoms with Gasteiger partial charge in [0.25, 0.3) is 0 Å². The molecule has 2 rings (SSSR count). The number of amides is 1. The van der Waals surface area contributed by atoms with E-state index in [0.717, 1.165) is 11.4 Å². The molecule has 0 atom stereocenters. The van der Waals surface area contributed by atoms with Gasteiger partial charge in [-0.1, -0.05) is 17.8 Å². The van der Waals surface area contributed by atoms with Crippen molar-refractivity contribution >= 4 is 17.7 Å². The summed E-state index contributed by atoms with van der Waals surface area (Å²) >= 11 is 1.35. The predicted octanol–water partition coefficient (Wildman–Crippen LogP) is 1.36. The molecule has 0 unspecified atom stereocenters. The summed E-state index contributed by atoms with van der Waals surface area (Å²) in [6, 6.07) is 3.74. The van der Waals surface area contributed by atoms with Gasteiger partial charge in [-0.25, -0.2) is 0 Å². The van der Waals surface area contributed by atoms with Gasteiger partial charge in [-0.3, -0.25) is 14.3 Å². The second-order valence-electron chi connectivity index (χ2n) is 3.90. The summed E-state index contributed by atoms with van der Waals surface area (Å²) in [4.78, 5) is 15.3. The molecule has 0 bridgehead atoms. The van der Waals surface area contributed by atoms with Crippen molar-refractivity contribution in [2.45, 2.75) is 11.7 Å². The van der Waals surface area contributed by atoms with Crippen LogP contribution < -0.4 is 5.32 Å². The average molecular weight is 289 g/mol. The Morgan fingerprint density at radius 2 is 2.20 bits per heavy atom. The lowest BCUT2D eigenvalue weighted by Crippen LogP contribution is -2.20.